The second kappa shape index (κ2) is 5.98. The molecule has 1 aromatic rings. The van der Waals surface area contributed by atoms with E-state index in [-0.39, 0.29) is 5.69 Å². The van der Waals surface area contributed by atoms with Crippen LogP contribution in [0.4, 0.5) is 24.5 Å². The molecule has 0 fully saturated rings. The summed E-state index contributed by atoms with van der Waals surface area (Å²) >= 11 is 0. The molecule has 18 heavy (non-hydrogen) atoms. The van der Waals surface area contributed by atoms with E-state index in [2.05, 4.69) is 0 Å². The SMILES string of the molecule is CCCN(CCC)c1cc(N)ccc1C(F)(F)F. The van der Waals surface area contributed by atoms with Crippen molar-refractivity contribution in [2.75, 3.05) is 23.7 Å². The number of rotatable bonds is 5. The summed E-state index contributed by atoms with van der Waals surface area (Å²) in [5.74, 6) is 0. The molecule has 0 saturated heterocycles. The average molecular weight is 260 g/mol. The minimum atomic E-state index is -4.34. The molecule has 2 N–H and O–H groups in total. The second-order valence-electron chi connectivity index (χ2n) is 4.26. The van der Waals surface area contributed by atoms with Crippen LogP contribution >= 0.6 is 0 Å². The molecular weight excluding hydrogens is 241 g/mol. The molecule has 0 aliphatic rings. The Balaban J connectivity index is 3.21. The van der Waals surface area contributed by atoms with E-state index in [0.29, 0.717) is 18.8 Å². The Morgan fingerprint density at radius 3 is 2.11 bits per heavy atom. The number of nitrogen functional groups attached to an aromatic ring is 1. The van der Waals surface area contributed by atoms with E-state index in [1.54, 1.807) is 4.90 Å². The molecule has 0 heterocycles. The van der Waals surface area contributed by atoms with E-state index in [1.807, 2.05) is 13.8 Å². The number of nitrogens with zero attached hydrogens (tertiary/aromatic N) is 1. The molecule has 0 radical (unpaired) electrons. The van der Waals surface area contributed by atoms with Gasteiger partial charge in [0.2, 0.25) is 0 Å². The number of hydrogen-bond donors (Lipinski definition) is 1. The van der Waals surface area contributed by atoms with Crippen molar-refractivity contribution >= 4 is 11.4 Å². The fourth-order valence-corrected chi connectivity index (χ4v) is 1.94. The van der Waals surface area contributed by atoms with Gasteiger partial charge in [-0.25, -0.2) is 0 Å². The van der Waals surface area contributed by atoms with Crippen LogP contribution in [0.5, 0.6) is 0 Å². The molecule has 0 spiro atoms. The highest BCUT2D eigenvalue weighted by Gasteiger charge is 2.34. The number of hydrogen-bond acceptors (Lipinski definition) is 2. The predicted octanol–water partition coefficient (Wildman–Crippen LogP) is 3.91. The van der Waals surface area contributed by atoms with Gasteiger partial charge in [-0.05, 0) is 31.0 Å². The highest BCUT2D eigenvalue weighted by atomic mass is 19.4. The molecule has 5 heteroatoms. The summed E-state index contributed by atoms with van der Waals surface area (Å²) in [6.45, 7) is 5.09. The summed E-state index contributed by atoms with van der Waals surface area (Å²) in [6, 6.07) is 3.76. The van der Waals surface area contributed by atoms with Crippen molar-refractivity contribution in [2.24, 2.45) is 0 Å². The van der Waals surface area contributed by atoms with Gasteiger partial charge in [-0.15, -0.1) is 0 Å². The highest BCUT2D eigenvalue weighted by Crippen LogP contribution is 2.37. The first kappa shape index (κ1) is 14.7. The van der Waals surface area contributed by atoms with Crippen molar-refractivity contribution in [1.82, 2.24) is 0 Å². The average Bonchev–Trinajstić information content (AvgIpc) is 2.27. The molecule has 0 aliphatic heterocycles. The van der Waals surface area contributed by atoms with Crippen molar-refractivity contribution in [3.63, 3.8) is 0 Å². The van der Waals surface area contributed by atoms with E-state index in [0.717, 1.165) is 18.9 Å². The van der Waals surface area contributed by atoms with Gasteiger partial charge in [0, 0.05) is 18.8 Å². The Labute approximate surface area is 106 Å². The zero-order valence-electron chi connectivity index (χ0n) is 10.7. The molecule has 0 unspecified atom stereocenters. The minimum absolute atomic E-state index is 0.186. The fraction of sp³-hybridized carbons (Fsp3) is 0.538. The lowest BCUT2D eigenvalue weighted by Crippen LogP contribution is -2.27. The molecule has 1 aromatic carbocycles. The third-order valence-corrected chi connectivity index (χ3v) is 2.65. The number of halogens is 3. The number of benzene rings is 1. The molecule has 2 nitrogen and oxygen atoms in total. The molecule has 0 saturated carbocycles. The molecule has 0 atom stereocenters. The topological polar surface area (TPSA) is 29.3 Å². The van der Waals surface area contributed by atoms with Crippen LogP contribution in [0.1, 0.15) is 32.3 Å². The van der Waals surface area contributed by atoms with Gasteiger partial charge in [-0.1, -0.05) is 13.8 Å². The summed E-state index contributed by atoms with van der Waals surface area (Å²) in [6.07, 6.45) is -2.75. The lowest BCUT2D eigenvalue weighted by atomic mass is 10.1. The molecule has 102 valence electrons. The Bertz CT molecular complexity index is 382. The third kappa shape index (κ3) is 3.55. The van der Waals surface area contributed by atoms with Gasteiger partial charge in [-0.2, -0.15) is 13.2 Å². The normalized spacial score (nSPS) is 11.6. The van der Waals surface area contributed by atoms with Gasteiger partial charge in [0.05, 0.1) is 11.3 Å². The van der Waals surface area contributed by atoms with E-state index < -0.39 is 11.7 Å². The summed E-state index contributed by atoms with van der Waals surface area (Å²) in [5.41, 5.74) is 5.54. The fourth-order valence-electron chi connectivity index (χ4n) is 1.94. The first-order chi connectivity index (χ1) is 8.40. The first-order valence-corrected chi connectivity index (χ1v) is 6.11. The smallest absolute Gasteiger partial charge is 0.399 e. The van der Waals surface area contributed by atoms with Gasteiger partial charge in [0.1, 0.15) is 0 Å². The zero-order chi connectivity index (χ0) is 13.8. The maximum atomic E-state index is 13.0. The van der Waals surface area contributed by atoms with Crippen molar-refractivity contribution in [1.29, 1.82) is 0 Å². The highest BCUT2D eigenvalue weighted by molar-refractivity contribution is 5.62. The van der Waals surface area contributed by atoms with Gasteiger partial charge in [0.15, 0.2) is 0 Å². The van der Waals surface area contributed by atoms with Crippen molar-refractivity contribution in [3.8, 4) is 0 Å². The molecule has 0 aromatic heterocycles. The van der Waals surface area contributed by atoms with Crippen LogP contribution in [0.2, 0.25) is 0 Å². The van der Waals surface area contributed by atoms with Crippen LogP contribution in [0, 0.1) is 0 Å². The maximum absolute atomic E-state index is 13.0. The van der Waals surface area contributed by atoms with Gasteiger partial charge >= 0.3 is 6.18 Å². The van der Waals surface area contributed by atoms with E-state index in [9.17, 15) is 13.2 Å². The van der Waals surface area contributed by atoms with Gasteiger partial charge < -0.3 is 10.6 Å². The molecular formula is C13H19F3N2. The monoisotopic (exact) mass is 260 g/mol. The van der Waals surface area contributed by atoms with Gasteiger partial charge in [-0.3, -0.25) is 0 Å². The van der Waals surface area contributed by atoms with Crippen molar-refractivity contribution < 1.29 is 13.2 Å². The minimum Gasteiger partial charge on any atom is -0.399 e. The Hall–Kier alpha value is -1.39. The zero-order valence-corrected chi connectivity index (χ0v) is 10.7. The van der Waals surface area contributed by atoms with Crippen LogP contribution in [0.25, 0.3) is 0 Å². The first-order valence-electron chi connectivity index (χ1n) is 6.11. The maximum Gasteiger partial charge on any atom is 0.418 e. The molecule has 1 rings (SSSR count). The van der Waals surface area contributed by atoms with Crippen LogP contribution in [0.3, 0.4) is 0 Å². The Morgan fingerprint density at radius 1 is 1.11 bits per heavy atom. The third-order valence-electron chi connectivity index (χ3n) is 2.65. The number of anilines is 2. The summed E-state index contributed by atoms with van der Waals surface area (Å²) in [4.78, 5) is 1.75. The number of alkyl halides is 3. The molecule has 0 aliphatic carbocycles. The molecule has 0 amide bonds. The number of nitrogens with two attached hydrogens (primary N) is 1. The van der Waals surface area contributed by atoms with Gasteiger partial charge in [0.25, 0.3) is 0 Å². The van der Waals surface area contributed by atoms with Crippen LogP contribution in [-0.2, 0) is 6.18 Å². The quantitative estimate of drug-likeness (QED) is 0.813. The lowest BCUT2D eigenvalue weighted by Gasteiger charge is -2.27. The van der Waals surface area contributed by atoms with E-state index in [4.69, 9.17) is 5.73 Å². The van der Waals surface area contributed by atoms with Crippen LogP contribution in [-0.4, -0.2) is 13.1 Å². The lowest BCUT2D eigenvalue weighted by molar-refractivity contribution is -0.137. The largest absolute Gasteiger partial charge is 0.418 e. The standard InChI is InChI=1S/C13H19F3N2/c1-3-7-18(8-4-2)12-9-10(17)5-6-11(12)13(14,15)16/h5-6,9H,3-4,7-8,17H2,1-2H3. The summed E-state index contributed by atoms with van der Waals surface area (Å²) in [5, 5.41) is 0. The second-order valence-corrected chi connectivity index (χ2v) is 4.26. The van der Waals surface area contributed by atoms with Crippen LogP contribution in [0.15, 0.2) is 18.2 Å². The molecule has 0 bridgehead atoms. The Kier molecular flexibility index (Phi) is 4.87. The van der Waals surface area contributed by atoms with Crippen LogP contribution < -0.4 is 10.6 Å². The summed E-state index contributed by atoms with van der Waals surface area (Å²) < 4.78 is 38.9. The predicted molar refractivity (Wildman–Crippen MR) is 68.7 cm³/mol. The van der Waals surface area contributed by atoms with E-state index in [1.165, 1.54) is 12.1 Å². The van der Waals surface area contributed by atoms with Crippen molar-refractivity contribution in [3.05, 3.63) is 23.8 Å². The Morgan fingerprint density at radius 2 is 1.67 bits per heavy atom. The van der Waals surface area contributed by atoms with Crippen molar-refractivity contribution in [2.45, 2.75) is 32.9 Å². The summed E-state index contributed by atoms with van der Waals surface area (Å²) in [7, 11) is 0. The van der Waals surface area contributed by atoms with E-state index >= 15 is 0 Å².